The molecule has 1 aromatic rings. The molecule has 1 fully saturated rings. The summed E-state index contributed by atoms with van der Waals surface area (Å²) in [5.41, 5.74) is 3.72. The normalized spacial score (nSPS) is 22.2. The van der Waals surface area contributed by atoms with E-state index in [4.69, 9.17) is 0 Å². The summed E-state index contributed by atoms with van der Waals surface area (Å²) >= 11 is 0. The summed E-state index contributed by atoms with van der Waals surface area (Å²) in [6, 6.07) is 0.322. The number of aromatic nitrogens is 2. The molecule has 1 heterocycles. The van der Waals surface area contributed by atoms with Gasteiger partial charge in [-0.05, 0) is 57.4 Å². The van der Waals surface area contributed by atoms with Gasteiger partial charge in [-0.3, -0.25) is 9.67 Å². The van der Waals surface area contributed by atoms with Gasteiger partial charge in [0.15, 0.2) is 5.96 Å². The van der Waals surface area contributed by atoms with Crippen molar-refractivity contribution >= 4 is 29.9 Å². The van der Waals surface area contributed by atoms with Gasteiger partial charge >= 0.3 is 0 Å². The molecule has 0 saturated heterocycles. The first kappa shape index (κ1) is 22.3. The van der Waals surface area contributed by atoms with E-state index in [1.807, 2.05) is 18.8 Å². The Balaban J connectivity index is 0.00000312. The summed E-state index contributed by atoms with van der Waals surface area (Å²) < 4.78 is 1.97. The van der Waals surface area contributed by atoms with E-state index in [2.05, 4.69) is 48.4 Å². The number of hydrogen-bond donors (Lipinski definition) is 2. The molecule has 0 amide bonds. The smallest absolute Gasteiger partial charge is 0.191 e. The molecule has 1 aliphatic carbocycles. The van der Waals surface area contributed by atoms with E-state index in [0.717, 1.165) is 36.5 Å². The van der Waals surface area contributed by atoms with E-state index < -0.39 is 0 Å². The lowest BCUT2D eigenvalue weighted by molar-refractivity contribution is 0.282. The van der Waals surface area contributed by atoms with Crippen LogP contribution in [0.3, 0.4) is 0 Å². The third-order valence-electron chi connectivity index (χ3n) is 5.38. The first-order chi connectivity index (χ1) is 11.4. The Morgan fingerprint density at radius 1 is 1.36 bits per heavy atom. The monoisotopic (exact) mass is 461 g/mol. The predicted octanol–water partition coefficient (Wildman–Crippen LogP) is 3.58. The second kappa shape index (κ2) is 10.4. The Kier molecular flexibility index (Phi) is 9.24. The maximum atomic E-state index is 4.51. The van der Waals surface area contributed by atoms with Crippen LogP contribution in [0.4, 0.5) is 0 Å². The molecule has 1 aromatic heterocycles. The van der Waals surface area contributed by atoms with Gasteiger partial charge in [-0.15, -0.1) is 24.0 Å². The second-order valence-corrected chi connectivity index (χ2v) is 7.61. The fourth-order valence-corrected chi connectivity index (χ4v) is 3.88. The van der Waals surface area contributed by atoms with Crippen LogP contribution in [0.1, 0.15) is 56.5 Å². The molecule has 0 radical (unpaired) electrons. The van der Waals surface area contributed by atoms with Crippen LogP contribution in [-0.4, -0.2) is 35.4 Å². The number of aryl methyl sites for hydroxylation is 2. The number of hydrogen-bond acceptors (Lipinski definition) is 2. The molecule has 1 saturated carbocycles. The zero-order valence-electron chi connectivity index (χ0n) is 16.7. The zero-order valence-corrected chi connectivity index (χ0v) is 19.1. The average Bonchev–Trinajstić information content (AvgIpc) is 2.78. The van der Waals surface area contributed by atoms with Gasteiger partial charge in [0.1, 0.15) is 0 Å². The minimum absolute atomic E-state index is 0. The second-order valence-electron chi connectivity index (χ2n) is 7.61. The molecule has 0 bridgehead atoms. The molecular weight excluding hydrogens is 425 g/mol. The SMILES string of the molecule is CN=C(NCC1CCCC(C)C1)NC(C)Cc1c(C)nn(C)c1C.I. The van der Waals surface area contributed by atoms with Crippen LogP contribution < -0.4 is 10.6 Å². The molecule has 0 aliphatic heterocycles. The largest absolute Gasteiger partial charge is 0.356 e. The quantitative estimate of drug-likeness (QED) is 0.401. The molecule has 3 unspecified atom stereocenters. The van der Waals surface area contributed by atoms with Crippen molar-refractivity contribution in [2.75, 3.05) is 13.6 Å². The summed E-state index contributed by atoms with van der Waals surface area (Å²) in [5.74, 6) is 2.57. The molecule has 25 heavy (non-hydrogen) atoms. The zero-order chi connectivity index (χ0) is 17.7. The van der Waals surface area contributed by atoms with Crippen molar-refractivity contribution in [1.29, 1.82) is 0 Å². The molecule has 0 spiro atoms. The third-order valence-corrected chi connectivity index (χ3v) is 5.38. The third kappa shape index (κ3) is 6.46. The highest BCUT2D eigenvalue weighted by Crippen LogP contribution is 2.27. The summed E-state index contributed by atoms with van der Waals surface area (Å²) in [7, 11) is 3.86. The number of guanidine groups is 1. The lowest BCUT2D eigenvalue weighted by Gasteiger charge is -2.28. The molecule has 2 N–H and O–H groups in total. The van der Waals surface area contributed by atoms with Gasteiger partial charge in [-0.1, -0.05) is 19.8 Å². The fourth-order valence-electron chi connectivity index (χ4n) is 3.88. The Hall–Kier alpha value is -0.790. The lowest BCUT2D eigenvalue weighted by atomic mass is 9.82. The fraction of sp³-hybridized carbons (Fsp3) is 0.789. The number of aliphatic imine (C=N–C) groups is 1. The standard InChI is InChI=1S/C19H35N5.HI/c1-13-8-7-9-17(10-13)12-21-19(20-5)22-14(2)11-18-15(3)23-24(6)16(18)4;/h13-14,17H,7-12H2,1-6H3,(H2,20,21,22);1H. The van der Waals surface area contributed by atoms with Gasteiger partial charge in [0, 0.05) is 32.4 Å². The van der Waals surface area contributed by atoms with Gasteiger partial charge in [0.2, 0.25) is 0 Å². The number of nitrogens with one attached hydrogen (secondary N) is 2. The van der Waals surface area contributed by atoms with Gasteiger partial charge in [0.25, 0.3) is 0 Å². The molecule has 5 nitrogen and oxygen atoms in total. The Morgan fingerprint density at radius 2 is 2.08 bits per heavy atom. The minimum Gasteiger partial charge on any atom is -0.356 e. The van der Waals surface area contributed by atoms with Crippen molar-refractivity contribution in [3.8, 4) is 0 Å². The Bertz CT molecular complexity index is 566. The average molecular weight is 461 g/mol. The topological polar surface area (TPSA) is 54.2 Å². The van der Waals surface area contributed by atoms with Crippen molar-refractivity contribution < 1.29 is 0 Å². The van der Waals surface area contributed by atoms with Crippen LogP contribution in [-0.2, 0) is 13.5 Å². The van der Waals surface area contributed by atoms with Crippen molar-refractivity contribution in [2.24, 2.45) is 23.9 Å². The van der Waals surface area contributed by atoms with Gasteiger partial charge in [0.05, 0.1) is 5.69 Å². The first-order valence-corrected chi connectivity index (χ1v) is 9.37. The summed E-state index contributed by atoms with van der Waals surface area (Å²) in [5, 5.41) is 11.6. The maximum Gasteiger partial charge on any atom is 0.191 e. The van der Waals surface area contributed by atoms with Crippen molar-refractivity contribution in [3.63, 3.8) is 0 Å². The van der Waals surface area contributed by atoms with Gasteiger partial charge in [-0.2, -0.15) is 5.10 Å². The summed E-state index contributed by atoms with van der Waals surface area (Å²) in [6.07, 6.45) is 6.41. The number of rotatable bonds is 5. The van der Waals surface area contributed by atoms with E-state index >= 15 is 0 Å². The molecule has 144 valence electrons. The van der Waals surface area contributed by atoms with Crippen LogP contribution in [0.2, 0.25) is 0 Å². The van der Waals surface area contributed by atoms with E-state index in [0.29, 0.717) is 6.04 Å². The van der Waals surface area contributed by atoms with Gasteiger partial charge < -0.3 is 10.6 Å². The number of halogens is 1. The Morgan fingerprint density at radius 3 is 2.64 bits per heavy atom. The van der Waals surface area contributed by atoms with Crippen molar-refractivity contribution in [1.82, 2.24) is 20.4 Å². The van der Waals surface area contributed by atoms with Crippen molar-refractivity contribution in [3.05, 3.63) is 17.0 Å². The van der Waals surface area contributed by atoms with Gasteiger partial charge in [-0.25, -0.2) is 0 Å². The maximum absolute atomic E-state index is 4.51. The van der Waals surface area contributed by atoms with Crippen LogP contribution >= 0.6 is 24.0 Å². The molecule has 2 rings (SSSR count). The summed E-state index contributed by atoms with van der Waals surface area (Å²) in [6.45, 7) is 9.84. The first-order valence-electron chi connectivity index (χ1n) is 9.37. The van der Waals surface area contributed by atoms with E-state index in [-0.39, 0.29) is 24.0 Å². The van der Waals surface area contributed by atoms with Crippen molar-refractivity contribution in [2.45, 2.75) is 65.8 Å². The molecule has 0 aromatic carbocycles. The lowest BCUT2D eigenvalue weighted by Crippen LogP contribution is -2.45. The van der Waals surface area contributed by atoms with Crippen LogP contribution in [0.15, 0.2) is 4.99 Å². The highest BCUT2D eigenvalue weighted by atomic mass is 127. The number of nitrogens with zero attached hydrogens (tertiary/aromatic N) is 3. The van der Waals surface area contributed by atoms with E-state index in [9.17, 15) is 0 Å². The Labute approximate surface area is 170 Å². The molecule has 6 heteroatoms. The predicted molar refractivity (Wildman–Crippen MR) is 117 cm³/mol. The van der Waals surface area contributed by atoms with E-state index in [1.165, 1.54) is 36.9 Å². The molecular formula is C19H36IN5. The van der Waals surface area contributed by atoms with Crippen LogP contribution in [0.25, 0.3) is 0 Å². The highest BCUT2D eigenvalue weighted by molar-refractivity contribution is 14.0. The molecule has 3 atom stereocenters. The minimum atomic E-state index is 0. The van der Waals surface area contributed by atoms with E-state index in [1.54, 1.807) is 0 Å². The summed E-state index contributed by atoms with van der Waals surface area (Å²) in [4.78, 5) is 4.40. The molecule has 1 aliphatic rings. The van der Waals surface area contributed by atoms with Crippen LogP contribution in [0, 0.1) is 25.7 Å². The highest BCUT2D eigenvalue weighted by Gasteiger charge is 2.19. The van der Waals surface area contributed by atoms with Crippen LogP contribution in [0.5, 0.6) is 0 Å².